The quantitative estimate of drug-likeness (QED) is 0.599. The third-order valence-corrected chi connectivity index (χ3v) is 3.76. The van der Waals surface area contributed by atoms with Crippen LogP contribution >= 0.6 is 7.37 Å². The molecule has 0 spiro atoms. The Morgan fingerprint density at radius 3 is 2.57 bits per heavy atom. The van der Waals surface area contributed by atoms with Crippen molar-refractivity contribution in [1.82, 2.24) is 0 Å². The first kappa shape index (κ1) is 11.2. The van der Waals surface area contributed by atoms with Gasteiger partial charge >= 0.3 is 0 Å². The Hall–Kier alpha value is -0.850. The zero-order valence-corrected chi connectivity index (χ0v) is 8.99. The highest BCUT2D eigenvalue weighted by atomic mass is 31.2. The summed E-state index contributed by atoms with van der Waals surface area (Å²) in [4.78, 5) is 9.46. The molecule has 0 heterocycles. The van der Waals surface area contributed by atoms with Crippen LogP contribution in [0.3, 0.4) is 0 Å². The molecule has 0 aliphatic rings. The van der Waals surface area contributed by atoms with E-state index in [1.54, 1.807) is 0 Å². The van der Waals surface area contributed by atoms with Crippen molar-refractivity contribution in [2.75, 3.05) is 12.3 Å². The molecule has 1 aromatic carbocycles. The van der Waals surface area contributed by atoms with Crippen LogP contribution in [0.5, 0.6) is 0 Å². The third-order valence-electron chi connectivity index (χ3n) is 2.01. The smallest absolute Gasteiger partial charge is 0.204 e. The van der Waals surface area contributed by atoms with Gasteiger partial charge in [-0.2, -0.15) is 0 Å². The van der Waals surface area contributed by atoms with Gasteiger partial charge < -0.3 is 4.89 Å². The molecule has 0 bridgehead atoms. The predicted octanol–water partition coefficient (Wildman–Crippen LogP) is 2.69. The second-order valence-corrected chi connectivity index (χ2v) is 5.78. The lowest BCUT2D eigenvalue weighted by molar-refractivity contribution is 0.481. The van der Waals surface area contributed by atoms with Crippen LogP contribution in [-0.2, 0) is 11.0 Å². The van der Waals surface area contributed by atoms with Gasteiger partial charge in [-0.25, -0.2) is 0 Å². The lowest BCUT2D eigenvalue weighted by atomic mass is 10.2. The minimum absolute atomic E-state index is 0.208. The first-order valence-corrected chi connectivity index (χ1v) is 6.63. The highest BCUT2D eigenvalue weighted by molar-refractivity contribution is 7.58. The molecule has 0 amide bonds. The number of benzene rings is 1. The molecular weight excluding hydrogens is 195 g/mol. The zero-order valence-electron chi connectivity index (χ0n) is 8.10. The minimum Gasteiger partial charge on any atom is -0.344 e. The number of aryl methyl sites for hydroxylation is 1. The fourth-order valence-electron chi connectivity index (χ4n) is 1.24. The van der Waals surface area contributed by atoms with Crippen molar-refractivity contribution < 1.29 is 9.46 Å². The minimum atomic E-state index is -2.98. The highest BCUT2D eigenvalue weighted by Crippen LogP contribution is 2.40. The molecular formula is C11H15O2P. The number of hydrogen-bond donors (Lipinski definition) is 1. The molecule has 1 aromatic rings. The van der Waals surface area contributed by atoms with Gasteiger partial charge in [0, 0.05) is 12.3 Å². The Balaban J connectivity index is 2.49. The molecule has 0 aliphatic carbocycles. The van der Waals surface area contributed by atoms with E-state index in [0.29, 0.717) is 12.6 Å². The maximum atomic E-state index is 11.5. The van der Waals surface area contributed by atoms with E-state index in [9.17, 15) is 9.46 Å². The van der Waals surface area contributed by atoms with Gasteiger partial charge in [-0.3, -0.25) is 4.57 Å². The molecule has 0 saturated heterocycles. The van der Waals surface area contributed by atoms with Crippen molar-refractivity contribution in [3.05, 3.63) is 48.6 Å². The monoisotopic (exact) mass is 210 g/mol. The lowest BCUT2D eigenvalue weighted by Gasteiger charge is -2.08. The standard InChI is InChI=1S/C11H15O2P/c1-2-9-14(12,13)10-8-11-6-4-3-5-7-11/h2-7H,1,8-10H2,(H,12,13). The van der Waals surface area contributed by atoms with E-state index in [1.807, 2.05) is 30.3 Å². The van der Waals surface area contributed by atoms with Crippen LogP contribution in [-0.4, -0.2) is 17.2 Å². The molecule has 0 fully saturated rings. The maximum absolute atomic E-state index is 11.5. The fourth-order valence-corrected chi connectivity index (χ4v) is 2.44. The summed E-state index contributed by atoms with van der Waals surface area (Å²) in [5.41, 5.74) is 1.10. The van der Waals surface area contributed by atoms with Crippen LogP contribution in [0.1, 0.15) is 5.56 Å². The summed E-state index contributed by atoms with van der Waals surface area (Å²) in [7, 11) is -2.98. The Kier molecular flexibility index (Phi) is 4.12. The van der Waals surface area contributed by atoms with E-state index < -0.39 is 7.37 Å². The largest absolute Gasteiger partial charge is 0.344 e. The predicted molar refractivity (Wildman–Crippen MR) is 59.9 cm³/mol. The molecule has 1 atom stereocenters. The van der Waals surface area contributed by atoms with E-state index in [-0.39, 0.29) is 6.16 Å². The molecule has 0 radical (unpaired) electrons. The van der Waals surface area contributed by atoms with Crippen molar-refractivity contribution in [1.29, 1.82) is 0 Å². The molecule has 1 N–H and O–H groups in total. The van der Waals surface area contributed by atoms with E-state index in [2.05, 4.69) is 6.58 Å². The van der Waals surface area contributed by atoms with Crippen LogP contribution in [0, 0.1) is 0 Å². The summed E-state index contributed by atoms with van der Waals surface area (Å²) in [5, 5.41) is 0. The maximum Gasteiger partial charge on any atom is 0.204 e. The first-order chi connectivity index (χ1) is 6.64. The SMILES string of the molecule is C=CCP(=O)(O)CCc1ccccc1. The molecule has 3 heteroatoms. The molecule has 0 saturated carbocycles. The second-order valence-electron chi connectivity index (χ2n) is 3.28. The Morgan fingerprint density at radius 2 is 2.00 bits per heavy atom. The van der Waals surface area contributed by atoms with Crippen molar-refractivity contribution in [2.45, 2.75) is 6.42 Å². The highest BCUT2D eigenvalue weighted by Gasteiger charge is 2.14. The number of allylic oxidation sites excluding steroid dienone is 1. The number of hydrogen-bond acceptors (Lipinski definition) is 1. The van der Waals surface area contributed by atoms with Crippen LogP contribution in [0.25, 0.3) is 0 Å². The van der Waals surface area contributed by atoms with Gasteiger partial charge in [0.1, 0.15) is 0 Å². The number of rotatable bonds is 5. The van der Waals surface area contributed by atoms with Crippen molar-refractivity contribution in [2.24, 2.45) is 0 Å². The topological polar surface area (TPSA) is 37.3 Å². The Morgan fingerprint density at radius 1 is 1.36 bits per heavy atom. The van der Waals surface area contributed by atoms with Crippen LogP contribution in [0.4, 0.5) is 0 Å². The van der Waals surface area contributed by atoms with E-state index in [4.69, 9.17) is 0 Å². The molecule has 14 heavy (non-hydrogen) atoms. The Bertz CT molecular complexity index is 332. The lowest BCUT2D eigenvalue weighted by Crippen LogP contribution is -1.96. The van der Waals surface area contributed by atoms with Gasteiger partial charge in [0.05, 0.1) is 0 Å². The normalized spacial score (nSPS) is 14.6. The first-order valence-electron chi connectivity index (χ1n) is 4.60. The van der Waals surface area contributed by atoms with Gasteiger partial charge in [-0.15, -0.1) is 6.58 Å². The van der Waals surface area contributed by atoms with Crippen molar-refractivity contribution in [3.63, 3.8) is 0 Å². The molecule has 0 aromatic heterocycles. The third kappa shape index (κ3) is 3.91. The van der Waals surface area contributed by atoms with Crippen LogP contribution in [0.2, 0.25) is 0 Å². The summed E-state index contributed by atoms with van der Waals surface area (Å²) in [6.45, 7) is 3.47. The van der Waals surface area contributed by atoms with Gasteiger partial charge in [-0.05, 0) is 12.0 Å². The molecule has 0 aliphatic heterocycles. The summed E-state index contributed by atoms with van der Waals surface area (Å²) in [6.07, 6.45) is 2.71. The van der Waals surface area contributed by atoms with Gasteiger partial charge in [0.2, 0.25) is 7.37 Å². The average Bonchev–Trinajstić information content (AvgIpc) is 2.17. The van der Waals surface area contributed by atoms with Crippen LogP contribution in [0.15, 0.2) is 43.0 Å². The van der Waals surface area contributed by atoms with Crippen molar-refractivity contribution >= 4 is 7.37 Å². The molecule has 1 unspecified atom stereocenters. The molecule has 1 rings (SSSR count). The van der Waals surface area contributed by atoms with Gasteiger partial charge in [-0.1, -0.05) is 36.4 Å². The van der Waals surface area contributed by atoms with Gasteiger partial charge in [0.25, 0.3) is 0 Å². The summed E-state index contributed by atoms with van der Waals surface area (Å²) >= 11 is 0. The van der Waals surface area contributed by atoms with Crippen LogP contribution < -0.4 is 0 Å². The Labute approximate surface area is 84.7 Å². The zero-order chi connectivity index (χ0) is 10.4. The molecule has 2 nitrogen and oxygen atoms in total. The van der Waals surface area contributed by atoms with E-state index >= 15 is 0 Å². The fraction of sp³-hybridized carbons (Fsp3) is 0.273. The summed E-state index contributed by atoms with van der Waals surface area (Å²) in [5.74, 6) is 0. The van der Waals surface area contributed by atoms with Crippen molar-refractivity contribution in [3.8, 4) is 0 Å². The van der Waals surface area contributed by atoms with E-state index in [0.717, 1.165) is 5.56 Å². The summed E-state index contributed by atoms with van der Waals surface area (Å²) in [6, 6.07) is 9.74. The second kappa shape index (κ2) is 5.14. The van der Waals surface area contributed by atoms with E-state index in [1.165, 1.54) is 6.08 Å². The average molecular weight is 210 g/mol. The summed E-state index contributed by atoms with van der Waals surface area (Å²) < 4.78 is 11.5. The molecule has 76 valence electrons. The van der Waals surface area contributed by atoms with Gasteiger partial charge in [0.15, 0.2) is 0 Å².